The minimum absolute atomic E-state index is 0.594. The first-order chi connectivity index (χ1) is 7.31. The summed E-state index contributed by atoms with van der Waals surface area (Å²) in [6.07, 6.45) is 3.58. The molecule has 1 fully saturated rings. The Morgan fingerprint density at radius 2 is 2.40 bits per heavy atom. The van der Waals surface area contributed by atoms with Gasteiger partial charge in [-0.2, -0.15) is 0 Å². The van der Waals surface area contributed by atoms with Crippen LogP contribution in [0.15, 0.2) is 18.2 Å². The average Bonchev–Trinajstić information content (AvgIpc) is 2.66. The summed E-state index contributed by atoms with van der Waals surface area (Å²) in [4.78, 5) is 6.97. The van der Waals surface area contributed by atoms with E-state index in [9.17, 15) is 0 Å². The van der Waals surface area contributed by atoms with Crippen LogP contribution in [0.2, 0.25) is 0 Å². The molecule has 1 aliphatic rings. The molecule has 3 heteroatoms. The Kier molecular flexibility index (Phi) is 3.47. The topological polar surface area (TPSA) is 16.1 Å². The third-order valence-corrected chi connectivity index (χ3v) is 3.21. The summed E-state index contributed by atoms with van der Waals surface area (Å²) < 4.78 is 0. The summed E-state index contributed by atoms with van der Waals surface area (Å²) in [5, 5.41) is 0. The Balaban J connectivity index is 2.15. The number of aryl methyl sites for hydroxylation is 1. The fourth-order valence-electron chi connectivity index (χ4n) is 2.25. The lowest BCUT2D eigenvalue weighted by Crippen LogP contribution is -2.30. The van der Waals surface area contributed by atoms with E-state index in [0.717, 1.165) is 30.4 Å². The first-order valence-electron chi connectivity index (χ1n) is 5.57. The molecule has 1 aromatic heterocycles. The molecular weight excluding hydrogens is 208 g/mol. The second kappa shape index (κ2) is 4.84. The van der Waals surface area contributed by atoms with Crippen molar-refractivity contribution >= 4 is 17.4 Å². The number of pyridine rings is 1. The van der Waals surface area contributed by atoms with E-state index in [0.29, 0.717) is 6.04 Å². The minimum Gasteiger partial charge on any atom is -0.354 e. The molecule has 1 unspecified atom stereocenters. The van der Waals surface area contributed by atoms with Crippen molar-refractivity contribution in [2.24, 2.45) is 0 Å². The van der Waals surface area contributed by atoms with E-state index in [1.54, 1.807) is 0 Å². The third kappa shape index (κ3) is 2.43. The van der Waals surface area contributed by atoms with Crippen LogP contribution in [0, 0.1) is 6.92 Å². The number of hydrogen-bond donors (Lipinski definition) is 0. The normalized spacial score (nSPS) is 20.9. The van der Waals surface area contributed by atoms with Gasteiger partial charge in [-0.3, -0.25) is 0 Å². The molecule has 0 radical (unpaired) electrons. The number of hydrogen-bond acceptors (Lipinski definition) is 2. The summed E-state index contributed by atoms with van der Waals surface area (Å²) in [6.45, 7) is 3.16. The summed E-state index contributed by atoms with van der Waals surface area (Å²) in [5.41, 5.74) is 1.09. The van der Waals surface area contributed by atoms with Gasteiger partial charge in [0.05, 0.1) is 0 Å². The zero-order chi connectivity index (χ0) is 10.7. The fourth-order valence-corrected chi connectivity index (χ4v) is 2.50. The van der Waals surface area contributed by atoms with Gasteiger partial charge in [0.1, 0.15) is 5.82 Å². The quantitative estimate of drug-likeness (QED) is 0.734. The van der Waals surface area contributed by atoms with Crippen LogP contribution in [0.3, 0.4) is 0 Å². The van der Waals surface area contributed by atoms with E-state index >= 15 is 0 Å². The summed E-state index contributed by atoms with van der Waals surface area (Å²) >= 11 is 5.82. The Morgan fingerprint density at radius 3 is 3.13 bits per heavy atom. The molecule has 0 aromatic carbocycles. The average molecular weight is 225 g/mol. The van der Waals surface area contributed by atoms with Crippen LogP contribution in [0.25, 0.3) is 0 Å². The van der Waals surface area contributed by atoms with Gasteiger partial charge in [0.15, 0.2) is 0 Å². The zero-order valence-corrected chi connectivity index (χ0v) is 9.87. The standard InChI is InChI=1S/C12H17ClN2/c1-10-4-2-6-12(14-10)15-9-3-5-11(15)7-8-13/h2,4,6,11H,3,5,7-9H2,1H3. The highest BCUT2D eigenvalue weighted by molar-refractivity contribution is 6.17. The van der Waals surface area contributed by atoms with Crippen LogP contribution in [0.4, 0.5) is 5.82 Å². The van der Waals surface area contributed by atoms with Crippen molar-refractivity contribution in [2.75, 3.05) is 17.3 Å². The third-order valence-electron chi connectivity index (χ3n) is 2.99. The lowest BCUT2D eigenvalue weighted by Gasteiger charge is -2.25. The molecule has 1 atom stereocenters. The molecule has 2 heterocycles. The molecule has 0 saturated carbocycles. The molecule has 2 nitrogen and oxygen atoms in total. The number of halogens is 1. The van der Waals surface area contributed by atoms with Crippen molar-refractivity contribution in [3.05, 3.63) is 23.9 Å². The minimum atomic E-state index is 0.594. The Labute approximate surface area is 96.3 Å². The number of rotatable bonds is 3. The predicted octanol–water partition coefficient (Wildman–Crippen LogP) is 2.99. The van der Waals surface area contributed by atoms with Gasteiger partial charge in [0.2, 0.25) is 0 Å². The van der Waals surface area contributed by atoms with Gasteiger partial charge < -0.3 is 4.90 Å². The first-order valence-corrected chi connectivity index (χ1v) is 6.11. The molecule has 0 aliphatic carbocycles. The number of alkyl halides is 1. The van der Waals surface area contributed by atoms with Crippen molar-refractivity contribution in [3.8, 4) is 0 Å². The maximum atomic E-state index is 5.82. The van der Waals surface area contributed by atoms with Crippen molar-refractivity contribution in [3.63, 3.8) is 0 Å². The van der Waals surface area contributed by atoms with E-state index in [1.165, 1.54) is 12.8 Å². The van der Waals surface area contributed by atoms with E-state index in [4.69, 9.17) is 11.6 Å². The van der Waals surface area contributed by atoms with Gasteiger partial charge in [0, 0.05) is 24.2 Å². The Bertz CT molecular complexity index is 327. The maximum absolute atomic E-state index is 5.82. The fraction of sp³-hybridized carbons (Fsp3) is 0.583. The monoisotopic (exact) mass is 224 g/mol. The second-order valence-electron chi connectivity index (χ2n) is 4.10. The van der Waals surface area contributed by atoms with Gasteiger partial charge in [-0.15, -0.1) is 11.6 Å². The molecule has 82 valence electrons. The Hall–Kier alpha value is -0.760. The highest BCUT2D eigenvalue weighted by Crippen LogP contribution is 2.26. The molecule has 15 heavy (non-hydrogen) atoms. The maximum Gasteiger partial charge on any atom is 0.129 e. The van der Waals surface area contributed by atoms with E-state index in [2.05, 4.69) is 22.0 Å². The van der Waals surface area contributed by atoms with Gasteiger partial charge in [-0.25, -0.2) is 4.98 Å². The summed E-state index contributed by atoms with van der Waals surface area (Å²) in [6, 6.07) is 6.81. The highest BCUT2D eigenvalue weighted by Gasteiger charge is 2.24. The smallest absolute Gasteiger partial charge is 0.129 e. The van der Waals surface area contributed by atoms with Crippen LogP contribution < -0.4 is 4.90 Å². The SMILES string of the molecule is Cc1cccc(N2CCCC2CCCl)n1. The van der Waals surface area contributed by atoms with Crippen LogP contribution >= 0.6 is 11.6 Å². The van der Waals surface area contributed by atoms with Gasteiger partial charge in [0.25, 0.3) is 0 Å². The van der Waals surface area contributed by atoms with Crippen LogP contribution in [0.1, 0.15) is 25.0 Å². The lowest BCUT2D eigenvalue weighted by atomic mass is 10.2. The van der Waals surface area contributed by atoms with Crippen molar-refractivity contribution < 1.29 is 0 Å². The highest BCUT2D eigenvalue weighted by atomic mass is 35.5. The van der Waals surface area contributed by atoms with E-state index < -0.39 is 0 Å². The van der Waals surface area contributed by atoms with Crippen molar-refractivity contribution in [1.82, 2.24) is 4.98 Å². The van der Waals surface area contributed by atoms with Crippen LogP contribution in [-0.4, -0.2) is 23.5 Å². The molecule has 0 N–H and O–H groups in total. The van der Waals surface area contributed by atoms with E-state index in [1.807, 2.05) is 13.0 Å². The van der Waals surface area contributed by atoms with E-state index in [-0.39, 0.29) is 0 Å². The summed E-state index contributed by atoms with van der Waals surface area (Å²) in [5.74, 6) is 1.86. The molecule has 0 spiro atoms. The lowest BCUT2D eigenvalue weighted by molar-refractivity contribution is 0.643. The number of aromatic nitrogens is 1. The molecule has 0 amide bonds. The number of anilines is 1. The second-order valence-corrected chi connectivity index (χ2v) is 4.48. The molecule has 1 aliphatic heterocycles. The molecule has 1 saturated heterocycles. The van der Waals surface area contributed by atoms with Gasteiger partial charge in [-0.05, 0) is 38.3 Å². The molecule has 2 rings (SSSR count). The Morgan fingerprint density at radius 1 is 1.53 bits per heavy atom. The molecule has 0 bridgehead atoms. The number of nitrogens with zero attached hydrogens (tertiary/aromatic N) is 2. The van der Waals surface area contributed by atoms with Crippen LogP contribution in [-0.2, 0) is 0 Å². The zero-order valence-electron chi connectivity index (χ0n) is 9.12. The molecule has 1 aromatic rings. The molecular formula is C12H17ClN2. The predicted molar refractivity (Wildman–Crippen MR) is 64.7 cm³/mol. The van der Waals surface area contributed by atoms with Crippen LogP contribution in [0.5, 0.6) is 0 Å². The first kappa shape index (κ1) is 10.7. The van der Waals surface area contributed by atoms with Gasteiger partial charge >= 0.3 is 0 Å². The largest absolute Gasteiger partial charge is 0.354 e. The van der Waals surface area contributed by atoms with Gasteiger partial charge in [-0.1, -0.05) is 6.07 Å². The van der Waals surface area contributed by atoms with Crippen molar-refractivity contribution in [1.29, 1.82) is 0 Å². The van der Waals surface area contributed by atoms with Crippen molar-refractivity contribution in [2.45, 2.75) is 32.2 Å². The summed E-state index contributed by atoms with van der Waals surface area (Å²) in [7, 11) is 0.